The highest BCUT2D eigenvalue weighted by molar-refractivity contribution is 6.31. The molecular weight excluding hydrogens is 229 g/mol. The van der Waals surface area contributed by atoms with E-state index in [0.717, 1.165) is 0 Å². The maximum Gasteiger partial charge on any atom is 0.141 e. The molecule has 0 bridgehead atoms. The van der Waals surface area contributed by atoms with Gasteiger partial charge in [-0.3, -0.25) is 0 Å². The van der Waals surface area contributed by atoms with Gasteiger partial charge in [-0.25, -0.2) is 4.39 Å². The van der Waals surface area contributed by atoms with Crippen LogP contribution in [0.5, 0.6) is 0 Å². The lowest BCUT2D eigenvalue weighted by molar-refractivity contribution is 0.0457. The largest absolute Gasteiger partial charge is 0.388 e. The zero-order valence-electron chi connectivity index (χ0n) is 9.56. The van der Waals surface area contributed by atoms with E-state index in [1.165, 1.54) is 12.1 Å². The van der Waals surface area contributed by atoms with Crippen LogP contribution in [-0.2, 0) is 0 Å². The van der Waals surface area contributed by atoms with Crippen LogP contribution >= 0.6 is 11.6 Å². The molecule has 0 unspecified atom stereocenters. The Labute approximate surface area is 100 Å². The van der Waals surface area contributed by atoms with Crippen LogP contribution in [-0.4, -0.2) is 17.3 Å². The van der Waals surface area contributed by atoms with Crippen LogP contribution in [0.1, 0.15) is 26.7 Å². The Morgan fingerprint density at radius 3 is 2.50 bits per heavy atom. The third-order valence-corrected chi connectivity index (χ3v) is 3.15. The van der Waals surface area contributed by atoms with Gasteiger partial charge in [0.15, 0.2) is 0 Å². The zero-order chi connectivity index (χ0) is 12.2. The molecule has 0 spiro atoms. The summed E-state index contributed by atoms with van der Waals surface area (Å²) < 4.78 is 12.9. The van der Waals surface area contributed by atoms with Gasteiger partial charge in [0.2, 0.25) is 0 Å². The summed E-state index contributed by atoms with van der Waals surface area (Å²) in [6.45, 7) is 4.30. The van der Waals surface area contributed by atoms with Gasteiger partial charge in [-0.1, -0.05) is 25.4 Å². The topological polar surface area (TPSA) is 32.3 Å². The monoisotopic (exact) mass is 245 g/mol. The number of benzene rings is 1. The van der Waals surface area contributed by atoms with E-state index in [-0.39, 0.29) is 5.02 Å². The van der Waals surface area contributed by atoms with E-state index in [4.69, 9.17) is 11.6 Å². The van der Waals surface area contributed by atoms with Gasteiger partial charge in [0, 0.05) is 12.2 Å². The van der Waals surface area contributed by atoms with Crippen LogP contribution in [0.25, 0.3) is 0 Å². The maximum atomic E-state index is 12.9. The number of aliphatic hydroxyl groups is 1. The third-order valence-electron chi connectivity index (χ3n) is 2.86. The average molecular weight is 246 g/mol. The minimum Gasteiger partial charge on any atom is -0.388 e. The van der Waals surface area contributed by atoms with Crippen LogP contribution in [0.2, 0.25) is 5.02 Å². The molecule has 0 saturated carbocycles. The molecule has 2 nitrogen and oxygen atoms in total. The fraction of sp³-hybridized carbons (Fsp3) is 0.500. The second-order valence-electron chi connectivity index (χ2n) is 3.91. The van der Waals surface area contributed by atoms with Gasteiger partial charge < -0.3 is 10.4 Å². The first-order valence-corrected chi connectivity index (χ1v) is 5.80. The summed E-state index contributed by atoms with van der Waals surface area (Å²) in [5.41, 5.74) is -0.00681. The highest BCUT2D eigenvalue weighted by Crippen LogP contribution is 2.21. The van der Waals surface area contributed by atoms with Crippen molar-refractivity contribution in [2.75, 3.05) is 11.9 Å². The Kier molecular flexibility index (Phi) is 4.56. The molecule has 1 aromatic carbocycles. The lowest BCUT2D eigenvalue weighted by Gasteiger charge is -2.26. The molecule has 0 saturated heterocycles. The predicted octanol–water partition coefficient (Wildman–Crippen LogP) is 3.44. The maximum absolute atomic E-state index is 12.9. The fourth-order valence-corrected chi connectivity index (χ4v) is 1.55. The van der Waals surface area contributed by atoms with Gasteiger partial charge >= 0.3 is 0 Å². The van der Waals surface area contributed by atoms with Crippen molar-refractivity contribution in [1.82, 2.24) is 0 Å². The van der Waals surface area contributed by atoms with Crippen molar-refractivity contribution in [3.05, 3.63) is 29.0 Å². The van der Waals surface area contributed by atoms with Crippen LogP contribution in [0.15, 0.2) is 18.2 Å². The van der Waals surface area contributed by atoms with Crippen LogP contribution < -0.4 is 5.32 Å². The molecule has 0 aromatic heterocycles. The van der Waals surface area contributed by atoms with E-state index >= 15 is 0 Å². The molecule has 0 amide bonds. The van der Waals surface area contributed by atoms with E-state index in [1.807, 2.05) is 13.8 Å². The van der Waals surface area contributed by atoms with Crippen LogP contribution in [0, 0.1) is 5.82 Å². The van der Waals surface area contributed by atoms with Gasteiger partial charge in [0.05, 0.1) is 10.6 Å². The molecule has 1 aromatic rings. The lowest BCUT2D eigenvalue weighted by Crippen LogP contribution is -2.35. The molecular formula is C12H17ClFNO. The van der Waals surface area contributed by atoms with E-state index in [0.29, 0.717) is 25.1 Å². The molecule has 90 valence electrons. The van der Waals surface area contributed by atoms with Crippen molar-refractivity contribution < 1.29 is 9.50 Å². The Morgan fingerprint density at radius 1 is 1.38 bits per heavy atom. The van der Waals surface area contributed by atoms with E-state index < -0.39 is 11.4 Å². The molecule has 0 fully saturated rings. The SMILES string of the molecule is CCC(O)(CC)CNc1ccc(F)c(Cl)c1. The highest BCUT2D eigenvalue weighted by Gasteiger charge is 2.21. The Morgan fingerprint density at radius 2 is 2.00 bits per heavy atom. The van der Waals surface area contributed by atoms with Crippen molar-refractivity contribution in [2.45, 2.75) is 32.3 Å². The van der Waals surface area contributed by atoms with E-state index in [2.05, 4.69) is 5.32 Å². The Balaban J connectivity index is 2.64. The summed E-state index contributed by atoms with van der Waals surface area (Å²) in [7, 11) is 0. The summed E-state index contributed by atoms with van der Waals surface area (Å²) in [4.78, 5) is 0. The van der Waals surface area contributed by atoms with Crippen molar-refractivity contribution in [2.24, 2.45) is 0 Å². The lowest BCUT2D eigenvalue weighted by atomic mass is 9.97. The van der Waals surface area contributed by atoms with Crippen molar-refractivity contribution >= 4 is 17.3 Å². The summed E-state index contributed by atoms with van der Waals surface area (Å²) >= 11 is 5.65. The van der Waals surface area contributed by atoms with Crippen LogP contribution in [0.4, 0.5) is 10.1 Å². The number of hydrogen-bond acceptors (Lipinski definition) is 2. The minimum absolute atomic E-state index is 0.0848. The molecule has 0 heterocycles. The molecule has 4 heteroatoms. The number of halogens is 2. The quantitative estimate of drug-likeness (QED) is 0.833. The fourth-order valence-electron chi connectivity index (χ4n) is 1.37. The average Bonchev–Trinajstić information content (AvgIpc) is 2.30. The van der Waals surface area contributed by atoms with Gasteiger partial charge in [-0.2, -0.15) is 0 Å². The van der Waals surface area contributed by atoms with Crippen molar-refractivity contribution in [3.8, 4) is 0 Å². The predicted molar refractivity (Wildman–Crippen MR) is 65.4 cm³/mol. The number of nitrogens with one attached hydrogen (secondary N) is 1. The molecule has 1 rings (SSSR count). The summed E-state index contributed by atoms with van der Waals surface area (Å²) in [5.74, 6) is -0.437. The molecule has 0 atom stereocenters. The first kappa shape index (κ1) is 13.3. The van der Waals surface area contributed by atoms with Gasteiger partial charge in [0.1, 0.15) is 5.82 Å². The van der Waals surface area contributed by atoms with E-state index in [9.17, 15) is 9.50 Å². The smallest absolute Gasteiger partial charge is 0.141 e. The molecule has 16 heavy (non-hydrogen) atoms. The number of rotatable bonds is 5. The third kappa shape index (κ3) is 3.35. The Hall–Kier alpha value is -0.800. The highest BCUT2D eigenvalue weighted by atomic mass is 35.5. The van der Waals surface area contributed by atoms with Gasteiger partial charge in [-0.05, 0) is 31.0 Å². The van der Waals surface area contributed by atoms with Gasteiger partial charge in [0.25, 0.3) is 0 Å². The molecule has 0 aliphatic carbocycles. The molecule has 0 radical (unpaired) electrons. The van der Waals surface area contributed by atoms with Crippen molar-refractivity contribution in [3.63, 3.8) is 0 Å². The standard InChI is InChI=1S/C12H17ClFNO/c1-3-12(16,4-2)8-15-9-5-6-11(14)10(13)7-9/h5-7,15-16H,3-4,8H2,1-2H3. The first-order valence-electron chi connectivity index (χ1n) is 5.42. The first-order chi connectivity index (χ1) is 7.50. The van der Waals surface area contributed by atoms with Crippen molar-refractivity contribution in [1.29, 1.82) is 0 Å². The second-order valence-corrected chi connectivity index (χ2v) is 4.32. The number of anilines is 1. The van der Waals surface area contributed by atoms with Crippen LogP contribution in [0.3, 0.4) is 0 Å². The Bertz CT molecular complexity index is 353. The summed E-state index contributed by atoms with van der Waals surface area (Å²) in [6, 6.07) is 4.43. The molecule has 0 aliphatic heterocycles. The summed E-state index contributed by atoms with van der Waals surface area (Å²) in [5, 5.41) is 13.2. The summed E-state index contributed by atoms with van der Waals surface area (Å²) in [6.07, 6.45) is 1.34. The zero-order valence-corrected chi connectivity index (χ0v) is 10.3. The molecule has 2 N–H and O–H groups in total. The molecule has 0 aliphatic rings. The minimum atomic E-state index is -0.721. The second kappa shape index (κ2) is 5.51. The van der Waals surface area contributed by atoms with Gasteiger partial charge in [-0.15, -0.1) is 0 Å². The number of hydrogen-bond donors (Lipinski definition) is 2. The van der Waals surface area contributed by atoms with E-state index in [1.54, 1.807) is 6.07 Å². The normalized spacial score (nSPS) is 11.6.